The number of nitrogens with zero attached hydrogens (tertiary/aromatic N) is 3. The third-order valence-corrected chi connectivity index (χ3v) is 6.68. The summed E-state index contributed by atoms with van der Waals surface area (Å²) < 4.78 is 0. The van der Waals surface area contributed by atoms with Gasteiger partial charge < -0.3 is 5.11 Å². The number of ketones is 2. The molecule has 32 heavy (non-hydrogen) atoms. The summed E-state index contributed by atoms with van der Waals surface area (Å²) in [5.41, 5.74) is 3.24. The number of aromatic nitrogens is 2. The lowest BCUT2D eigenvalue weighted by Crippen LogP contribution is -2.29. The number of aliphatic hydroxyl groups is 1. The highest BCUT2D eigenvalue weighted by atomic mass is 32.1. The number of pyridine rings is 1. The molecule has 3 heterocycles. The molecule has 1 fully saturated rings. The fourth-order valence-corrected chi connectivity index (χ4v) is 4.83. The third kappa shape index (κ3) is 3.52. The number of aliphatic hydroxyl groups excluding tert-OH is 1. The Morgan fingerprint density at radius 3 is 2.41 bits per heavy atom. The van der Waals surface area contributed by atoms with Crippen LogP contribution >= 0.6 is 11.3 Å². The molecule has 1 amide bonds. The molecule has 1 saturated heterocycles. The number of hydrogen-bond donors (Lipinski definition) is 1. The first-order valence-electron chi connectivity index (χ1n) is 9.97. The lowest BCUT2D eigenvalue weighted by Gasteiger charge is -2.23. The largest absolute Gasteiger partial charge is 0.507 e. The highest BCUT2D eigenvalue weighted by Crippen LogP contribution is 2.44. The molecule has 0 bridgehead atoms. The topological polar surface area (TPSA) is 100 Å². The smallest absolute Gasteiger partial charge is 0.301 e. The highest BCUT2D eigenvalue weighted by molar-refractivity contribution is 7.18. The summed E-state index contributed by atoms with van der Waals surface area (Å²) in [6.45, 7) is 6.83. The summed E-state index contributed by atoms with van der Waals surface area (Å²) in [6, 6.07) is 8.02. The first-order chi connectivity index (χ1) is 15.2. The minimum absolute atomic E-state index is 0.0212. The molecule has 1 aliphatic rings. The van der Waals surface area contributed by atoms with Gasteiger partial charge >= 0.3 is 5.91 Å². The molecule has 0 spiro atoms. The van der Waals surface area contributed by atoms with Gasteiger partial charge in [0, 0.05) is 24.9 Å². The van der Waals surface area contributed by atoms with E-state index in [1.807, 2.05) is 26.0 Å². The van der Waals surface area contributed by atoms with Crippen molar-refractivity contribution in [1.82, 2.24) is 9.97 Å². The van der Waals surface area contributed by atoms with E-state index in [2.05, 4.69) is 9.97 Å². The Kier molecular flexibility index (Phi) is 5.48. The van der Waals surface area contributed by atoms with Crippen LogP contribution in [-0.2, 0) is 9.59 Å². The third-order valence-electron chi connectivity index (χ3n) is 5.43. The Bertz CT molecular complexity index is 1290. The first-order valence-corrected chi connectivity index (χ1v) is 10.8. The van der Waals surface area contributed by atoms with Crippen LogP contribution in [0.15, 0.2) is 48.3 Å². The van der Waals surface area contributed by atoms with Gasteiger partial charge in [0.05, 0.1) is 22.2 Å². The van der Waals surface area contributed by atoms with Crippen LogP contribution in [0.2, 0.25) is 0 Å². The zero-order valence-electron chi connectivity index (χ0n) is 18.0. The maximum absolute atomic E-state index is 13.2. The van der Waals surface area contributed by atoms with Crippen LogP contribution in [0, 0.1) is 20.8 Å². The van der Waals surface area contributed by atoms with Crippen molar-refractivity contribution in [3.63, 3.8) is 0 Å². The van der Waals surface area contributed by atoms with Crippen LogP contribution in [0.25, 0.3) is 5.76 Å². The van der Waals surface area contributed by atoms with Gasteiger partial charge in [0.15, 0.2) is 10.9 Å². The average Bonchev–Trinajstić information content (AvgIpc) is 3.27. The van der Waals surface area contributed by atoms with Crippen molar-refractivity contribution >= 4 is 39.7 Å². The summed E-state index contributed by atoms with van der Waals surface area (Å²) in [5.74, 6) is -2.02. The molecule has 162 valence electrons. The molecule has 7 nitrogen and oxygen atoms in total. The molecule has 1 atom stereocenters. The normalized spacial score (nSPS) is 17.8. The Labute approximate surface area is 189 Å². The number of aryl methyl sites for hydroxylation is 3. The first kappa shape index (κ1) is 21.6. The minimum atomic E-state index is -0.900. The molecule has 1 aromatic carbocycles. The van der Waals surface area contributed by atoms with Crippen LogP contribution in [0.1, 0.15) is 50.6 Å². The van der Waals surface area contributed by atoms with E-state index >= 15 is 0 Å². The Morgan fingerprint density at radius 2 is 1.78 bits per heavy atom. The van der Waals surface area contributed by atoms with Crippen LogP contribution in [0.4, 0.5) is 5.13 Å². The van der Waals surface area contributed by atoms with Crippen molar-refractivity contribution in [3.8, 4) is 0 Å². The second kappa shape index (κ2) is 8.12. The fourth-order valence-electron chi connectivity index (χ4n) is 3.84. The van der Waals surface area contributed by atoms with Crippen molar-refractivity contribution in [1.29, 1.82) is 0 Å². The van der Waals surface area contributed by atoms with Crippen LogP contribution in [-0.4, -0.2) is 32.5 Å². The Morgan fingerprint density at radius 1 is 1.09 bits per heavy atom. The number of benzene rings is 1. The fraction of sp³-hybridized carbons (Fsp3) is 0.208. The highest BCUT2D eigenvalue weighted by Gasteiger charge is 2.48. The van der Waals surface area contributed by atoms with Gasteiger partial charge in [0.25, 0.3) is 5.78 Å². The summed E-state index contributed by atoms with van der Waals surface area (Å²) in [4.78, 5) is 48.4. The molecular weight excluding hydrogens is 426 g/mol. The van der Waals surface area contributed by atoms with E-state index in [1.54, 1.807) is 37.5 Å². The zero-order valence-corrected chi connectivity index (χ0v) is 18.9. The zero-order chi connectivity index (χ0) is 23.2. The van der Waals surface area contributed by atoms with Gasteiger partial charge in [-0.15, -0.1) is 0 Å². The van der Waals surface area contributed by atoms with Crippen molar-refractivity contribution in [3.05, 3.63) is 81.1 Å². The molecule has 8 heteroatoms. The van der Waals surface area contributed by atoms with Crippen molar-refractivity contribution in [2.45, 2.75) is 33.7 Å². The molecule has 1 N–H and O–H groups in total. The Hall–Kier alpha value is -3.65. The van der Waals surface area contributed by atoms with Gasteiger partial charge in [-0.05, 0) is 50.1 Å². The molecular formula is C24H21N3O4S. The minimum Gasteiger partial charge on any atom is -0.507 e. The van der Waals surface area contributed by atoms with E-state index in [9.17, 15) is 19.5 Å². The van der Waals surface area contributed by atoms with Crippen molar-refractivity contribution in [2.24, 2.45) is 0 Å². The van der Waals surface area contributed by atoms with Gasteiger partial charge in [0.2, 0.25) is 0 Å². The number of carbonyl (C=O) groups is 3. The monoisotopic (exact) mass is 447 g/mol. The van der Waals surface area contributed by atoms with Crippen LogP contribution in [0.3, 0.4) is 0 Å². The maximum atomic E-state index is 13.2. The van der Waals surface area contributed by atoms with Gasteiger partial charge in [-0.1, -0.05) is 29.0 Å². The predicted molar refractivity (Wildman–Crippen MR) is 122 cm³/mol. The average molecular weight is 448 g/mol. The van der Waals surface area contributed by atoms with Gasteiger partial charge in [-0.25, -0.2) is 4.98 Å². The number of Topliss-reactive ketones (excluding diaryl/α,β-unsaturated/α-hetero) is 2. The van der Waals surface area contributed by atoms with E-state index in [0.29, 0.717) is 21.7 Å². The van der Waals surface area contributed by atoms with Gasteiger partial charge in [0.1, 0.15) is 5.76 Å². The number of amides is 1. The molecule has 1 aliphatic heterocycles. The van der Waals surface area contributed by atoms with E-state index in [4.69, 9.17) is 0 Å². The number of anilines is 1. The van der Waals surface area contributed by atoms with E-state index in [0.717, 1.165) is 22.5 Å². The molecule has 1 unspecified atom stereocenters. The summed E-state index contributed by atoms with van der Waals surface area (Å²) >= 11 is 1.06. The molecule has 0 saturated carbocycles. The SMILES string of the molecule is CC(=O)c1sc(N2C(=O)C(=O)C(=C(O)c3cc(C)ccc3C)C2c2ccncc2)nc1C. The summed E-state index contributed by atoms with van der Waals surface area (Å²) in [7, 11) is 0. The molecule has 2 aromatic heterocycles. The number of carbonyl (C=O) groups excluding carboxylic acids is 3. The molecule has 0 aliphatic carbocycles. The quantitative estimate of drug-likeness (QED) is 0.277. The van der Waals surface area contributed by atoms with E-state index < -0.39 is 17.7 Å². The van der Waals surface area contributed by atoms with E-state index in [1.165, 1.54) is 11.8 Å². The number of hydrogen-bond acceptors (Lipinski definition) is 7. The lowest BCUT2D eigenvalue weighted by molar-refractivity contribution is -0.132. The lowest BCUT2D eigenvalue weighted by atomic mass is 9.94. The number of thiazole rings is 1. The van der Waals surface area contributed by atoms with E-state index in [-0.39, 0.29) is 22.2 Å². The van der Waals surface area contributed by atoms with Crippen LogP contribution < -0.4 is 4.90 Å². The summed E-state index contributed by atoms with van der Waals surface area (Å²) in [6.07, 6.45) is 3.11. The Balaban J connectivity index is 1.97. The molecule has 3 aromatic rings. The van der Waals surface area contributed by atoms with Crippen molar-refractivity contribution < 1.29 is 19.5 Å². The predicted octanol–water partition coefficient (Wildman–Crippen LogP) is 4.29. The van der Waals surface area contributed by atoms with Crippen molar-refractivity contribution in [2.75, 3.05) is 4.90 Å². The standard InChI is InChI=1S/C24H21N3O4S/c1-12-5-6-13(2)17(11-12)20(29)18-19(16-7-9-25-10-8-16)27(23(31)21(18)30)24-26-14(3)22(32-24)15(4)28/h5-11,19,29H,1-4H3. The van der Waals surface area contributed by atoms with Crippen LogP contribution in [0.5, 0.6) is 0 Å². The maximum Gasteiger partial charge on any atom is 0.301 e. The second-order valence-electron chi connectivity index (χ2n) is 7.74. The molecule has 4 rings (SSSR count). The summed E-state index contributed by atoms with van der Waals surface area (Å²) in [5, 5.41) is 11.5. The van der Waals surface area contributed by atoms with Gasteiger partial charge in [-0.2, -0.15) is 0 Å². The molecule has 0 radical (unpaired) electrons. The number of rotatable bonds is 4. The van der Waals surface area contributed by atoms with Gasteiger partial charge in [-0.3, -0.25) is 24.3 Å². The second-order valence-corrected chi connectivity index (χ2v) is 8.71.